The molecule has 0 saturated heterocycles. The van der Waals surface area contributed by atoms with Crippen molar-refractivity contribution in [2.24, 2.45) is 0 Å². The number of ether oxygens (including phenoxy) is 1. The molecule has 2 rings (SSSR count). The van der Waals surface area contributed by atoms with Crippen LogP contribution in [0.4, 0.5) is 14.5 Å². The number of hydrogen-bond donors (Lipinski definition) is 2. The van der Waals surface area contributed by atoms with Crippen LogP contribution in [0.5, 0.6) is 5.75 Å². The molecule has 0 spiro atoms. The number of anilines is 1. The lowest BCUT2D eigenvalue weighted by Crippen LogP contribution is -2.39. The van der Waals surface area contributed by atoms with Crippen molar-refractivity contribution in [3.63, 3.8) is 0 Å². The number of benzene rings is 2. The van der Waals surface area contributed by atoms with Crippen LogP contribution >= 0.6 is 0 Å². The quantitative estimate of drug-likeness (QED) is 0.831. The minimum absolute atomic E-state index is 0.138. The zero-order valence-corrected chi connectivity index (χ0v) is 14.7. The number of hydrogen-bond acceptors (Lipinski definition) is 3. The highest BCUT2D eigenvalue weighted by molar-refractivity contribution is 5.94. The van der Waals surface area contributed by atoms with Crippen LogP contribution in [0, 0.1) is 18.6 Å². The third-order valence-electron chi connectivity index (χ3n) is 3.93. The Morgan fingerprint density at radius 1 is 1.08 bits per heavy atom. The Hall–Kier alpha value is -2.47. The van der Waals surface area contributed by atoms with Crippen LogP contribution < -0.4 is 15.4 Å². The molecule has 0 bridgehead atoms. The van der Waals surface area contributed by atoms with E-state index in [0.717, 1.165) is 29.0 Å². The lowest BCUT2D eigenvalue weighted by molar-refractivity contribution is -0.117. The summed E-state index contributed by atoms with van der Waals surface area (Å²) in [4.78, 5) is 12.3. The van der Waals surface area contributed by atoms with Crippen molar-refractivity contribution in [3.05, 3.63) is 59.2 Å². The van der Waals surface area contributed by atoms with Gasteiger partial charge in [0.2, 0.25) is 5.91 Å². The van der Waals surface area contributed by atoms with Gasteiger partial charge in [-0.25, -0.2) is 8.78 Å². The van der Waals surface area contributed by atoms with Crippen molar-refractivity contribution in [2.75, 3.05) is 12.4 Å². The minimum atomic E-state index is -1.00. The van der Waals surface area contributed by atoms with Crippen LogP contribution in [0.3, 0.4) is 0 Å². The largest absolute Gasteiger partial charge is 0.496 e. The first-order chi connectivity index (χ1) is 11.8. The molecule has 0 aliphatic heterocycles. The normalized spacial score (nSPS) is 13.2. The van der Waals surface area contributed by atoms with Crippen LogP contribution in [-0.4, -0.2) is 19.1 Å². The zero-order chi connectivity index (χ0) is 18.6. The van der Waals surface area contributed by atoms with Crippen molar-refractivity contribution < 1.29 is 18.3 Å². The molecule has 2 aromatic carbocycles. The highest BCUT2D eigenvalue weighted by Gasteiger charge is 2.19. The Kier molecular flexibility index (Phi) is 6.09. The van der Waals surface area contributed by atoms with E-state index < -0.39 is 17.7 Å². The highest BCUT2D eigenvalue weighted by atomic mass is 19.2. The fourth-order valence-corrected chi connectivity index (χ4v) is 2.56. The fraction of sp³-hybridized carbons (Fsp3) is 0.316. The number of nitrogens with one attached hydrogen (secondary N) is 2. The molecule has 2 unspecified atom stereocenters. The van der Waals surface area contributed by atoms with Gasteiger partial charge >= 0.3 is 0 Å². The van der Waals surface area contributed by atoms with Crippen molar-refractivity contribution in [1.29, 1.82) is 0 Å². The van der Waals surface area contributed by atoms with Gasteiger partial charge in [-0.15, -0.1) is 0 Å². The highest BCUT2D eigenvalue weighted by Crippen LogP contribution is 2.26. The molecule has 2 aromatic rings. The second-order valence-corrected chi connectivity index (χ2v) is 5.97. The van der Waals surface area contributed by atoms with E-state index in [4.69, 9.17) is 4.74 Å². The summed E-state index contributed by atoms with van der Waals surface area (Å²) >= 11 is 0. The predicted octanol–water partition coefficient (Wildman–Crippen LogP) is 3.96. The van der Waals surface area contributed by atoms with E-state index in [1.807, 2.05) is 32.0 Å². The second kappa shape index (κ2) is 8.07. The first kappa shape index (κ1) is 18.9. The molecule has 0 saturated carbocycles. The van der Waals surface area contributed by atoms with Gasteiger partial charge in [-0.3, -0.25) is 10.1 Å². The first-order valence-electron chi connectivity index (χ1n) is 7.98. The molecule has 0 heterocycles. The number of carbonyl (C=O) groups is 1. The Morgan fingerprint density at radius 2 is 1.80 bits per heavy atom. The fourth-order valence-electron chi connectivity index (χ4n) is 2.56. The Balaban J connectivity index is 2.05. The number of aryl methyl sites for hydroxylation is 1. The van der Waals surface area contributed by atoms with Gasteiger partial charge in [0, 0.05) is 23.4 Å². The van der Waals surface area contributed by atoms with Gasteiger partial charge in [-0.2, -0.15) is 0 Å². The monoisotopic (exact) mass is 348 g/mol. The van der Waals surface area contributed by atoms with E-state index in [1.54, 1.807) is 14.0 Å². The van der Waals surface area contributed by atoms with Crippen LogP contribution in [-0.2, 0) is 4.79 Å². The van der Waals surface area contributed by atoms with E-state index in [2.05, 4.69) is 10.6 Å². The molecule has 4 nitrogen and oxygen atoms in total. The van der Waals surface area contributed by atoms with E-state index in [9.17, 15) is 13.6 Å². The molecular weight excluding hydrogens is 326 g/mol. The molecular formula is C19H22F2N2O2. The van der Waals surface area contributed by atoms with Gasteiger partial charge in [-0.05, 0) is 39.0 Å². The van der Waals surface area contributed by atoms with Crippen molar-refractivity contribution in [1.82, 2.24) is 5.32 Å². The molecule has 2 N–H and O–H groups in total. The molecule has 6 heteroatoms. The molecule has 0 fully saturated rings. The maximum Gasteiger partial charge on any atom is 0.241 e. The summed E-state index contributed by atoms with van der Waals surface area (Å²) in [6, 6.07) is 8.39. The summed E-state index contributed by atoms with van der Waals surface area (Å²) in [5.41, 5.74) is 2.23. The molecule has 25 heavy (non-hydrogen) atoms. The van der Waals surface area contributed by atoms with Gasteiger partial charge in [0.05, 0.1) is 13.2 Å². The standard InChI is InChI=1S/C19H22F2N2O2/c1-11-5-8-18(25-4)15(9-11)12(2)22-13(3)19(24)23-14-6-7-16(20)17(21)10-14/h5-10,12-13,22H,1-4H3,(H,23,24). The van der Waals surface area contributed by atoms with Crippen LogP contribution in [0.1, 0.15) is 31.0 Å². The van der Waals surface area contributed by atoms with E-state index in [-0.39, 0.29) is 17.6 Å². The maximum atomic E-state index is 13.2. The lowest BCUT2D eigenvalue weighted by atomic mass is 10.0. The zero-order valence-electron chi connectivity index (χ0n) is 14.7. The molecule has 0 radical (unpaired) electrons. The van der Waals surface area contributed by atoms with Gasteiger partial charge < -0.3 is 10.1 Å². The van der Waals surface area contributed by atoms with Gasteiger partial charge in [0.1, 0.15) is 5.75 Å². The van der Waals surface area contributed by atoms with Crippen LogP contribution in [0.15, 0.2) is 36.4 Å². The summed E-state index contributed by atoms with van der Waals surface area (Å²) in [6.45, 7) is 5.61. The predicted molar refractivity (Wildman–Crippen MR) is 93.7 cm³/mol. The van der Waals surface area contributed by atoms with E-state index >= 15 is 0 Å². The molecule has 1 amide bonds. The number of rotatable bonds is 6. The number of carbonyl (C=O) groups excluding carboxylic acids is 1. The number of methoxy groups -OCH3 is 1. The number of amides is 1. The minimum Gasteiger partial charge on any atom is -0.496 e. The smallest absolute Gasteiger partial charge is 0.241 e. The van der Waals surface area contributed by atoms with Gasteiger partial charge in [0.25, 0.3) is 0 Å². The van der Waals surface area contributed by atoms with E-state index in [0.29, 0.717) is 0 Å². The summed E-state index contributed by atoms with van der Waals surface area (Å²) in [5, 5.41) is 5.75. The Labute approximate surface area is 146 Å². The third kappa shape index (κ3) is 4.76. The van der Waals surface area contributed by atoms with E-state index in [1.165, 1.54) is 6.07 Å². The molecule has 0 aliphatic carbocycles. The number of halogens is 2. The second-order valence-electron chi connectivity index (χ2n) is 5.97. The average molecular weight is 348 g/mol. The van der Waals surface area contributed by atoms with Crippen molar-refractivity contribution in [3.8, 4) is 5.75 Å². The van der Waals surface area contributed by atoms with Gasteiger partial charge in [-0.1, -0.05) is 17.7 Å². The summed E-state index contributed by atoms with van der Waals surface area (Å²) in [5.74, 6) is -1.57. The molecule has 0 aromatic heterocycles. The van der Waals surface area contributed by atoms with Crippen molar-refractivity contribution >= 4 is 11.6 Å². The SMILES string of the molecule is COc1ccc(C)cc1C(C)NC(C)C(=O)Nc1ccc(F)c(F)c1. The topological polar surface area (TPSA) is 50.4 Å². The summed E-state index contributed by atoms with van der Waals surface area (Å²) < 4.78 is 31.5. The first-order valence-corrected chi connectivity index (χ1v) is 7.98. The Bertz CT molecular complexity index is 765. The molecule has 2 atom stereocenters. The molecule has 0 aliphatic rings. The van der Waals surface area contributed by atoms with Crippen LogP contribution in [0.25, 0.3) is 0 Å². The average Bonchev–Trinajstić information content (AvgIpc) is 2.58. The Morgan fingerprint density at radius 3 is 2.44 bits per heavy atom. The summed E-state index contributed by atoms with van der Waals surface area (Å²) in [6.07, 6.45) is 0. The summed E-state index contributed by atoms with van der Waals surface area (Å²) in [7, 11) is 1.60. The van der Waals surface area contributed by atoms with Crippen LogP contribution in [0.2, 0.25) is 0 Å². The lowest BCUT2D eigenvalue weighted by Gasteiger charge is -2.22. The van der Waals surface area contributed by atoms with Gasteiger partial charge in [0.15, 0.2) is 11.6 Å². The van der Waals surface area contributed by atoms with Crippen molar-refractivity contribution in [2.45, 2.75) is 32.9 Å². The maximum absolute atomic E-state index is 13.2. The molecule has 134 valence electrons. The third-order valence-corrected chi connectivity index (χ3v) is 3.93.